The number of hydrogen-bond acceptors (Lipinski definition) is 9. The maximum atomic E-state index is 13.9. The maximum absolute atomic E-state index is 13.9. The van der Waals surface area contributed by atoms with Crippen molar-refractivity contribution in [2.45, 2.75) is 37.8 Å². The number of fused-ring (bicyclic) bond motifs is 1. The molecule has 8 nitrogen and oxygen atoms in total. The average molecular weight is 589 g/mol. The second kappa shape index (κ2) is 11.8. The van der Waals surface area contributed by atoms with Crippen LogP contribution in [-0.4, -0.2) is 36.0 Å². The Kier molecular flexibility index (Phi) is 8.14. The summed E-state index contributed by atoms with van der Waals surface area (Å²) in [5.74, 6) is -0.0821. The SMILES string of the molecule is COC(=O)c1ccccc1-c1ccc(/C=c2\sc3n(c2=O)[C@@H](c2ccc(SC)cc2)C(C(=O)OC(C)C)=C(C)N=3)o1. The van der Waals surface area contributed by atoms with Crippen molar-refractivity contribution < 1.29 is 23.5 Å². The van der Waals surface area contributed by atoms with Gasteiger partial charge in [0.2, 0.25) is 0 Å². The molecule has 0 bridgehead atoms. The highest BCUT2D eigenvalue weighted by atomic mass is 32.2. The van der Waals surface area contributed by atoms with E-state index in [4.69, 9.17) is 13.9 Å². The first-order chi connectivity index (χ1) is 19.7. The molecule has 1 atom stereocenters. The van der Waals surface area contributed by atoms with Crippen molar-refractivity contribution in [3.8, 4) is 11.3 Å². The van der Waals surface area contributed by atoms with E-state index in [0.29, 0.717) is 43.3 Å². The number of furan rings is 1. The number of carbonyl (C=O) groups excluding carboxylic acids is 2. The molecule has 1 aliphatic heterocycles. The van der Waals surface area contributed by atoms with Gasteiger partial charge in [-0.2, -0.15) is 0 Å². The number of thioether (sulfide) groups is 1. The Morgan fingerprint density at radius 2 is 1.80 bits per heavy atom. The fourth-order valence-corrected chi connectivity index (χ4v) is 6.09. The summed E-state index contributed by atoms with van der Waals surface area (Å²) in [6.07, 6.45) is 3.30. The van der Waals surface area contributed by atoms with Gasteiger partial charge in [-0.1, -0.05) is 41.7 Å². The summed E-state index contributed by atoms with van der Waals surface area (Å²) in [5.41, 5.74) is 2.26. The lowest BCUT2D eigenvalue weighted by molar-refractivity contribution is -0.143. The van der Waals surface area contributed by atoms with Crippen molar-refractivity contribution in [1.82, 2.24) is 4.57 Å². The van der Waals surface area contributed by atoms with E-state index in [2.05, 4.69) is 4.99 Å². The lowest BCUT2D eigenvalue weighted by Gasteiger charge is -2.25. The first kappa shape index (κ1) is 28.4. The molecule has 0 saturated carbocycles. The molecule has 0 N–H and O–H groups in total. The monoisotopic (exact) mass is 588 g/mol. The fraction of sp³-hybridized carbons (Fsp3) is 0.226. The lowest BCUT2D eigenvalue weighted by Crippen LogP contribution is -2.40. The van der Waals surface area contributed by atoms with Crippen LogP contribution in [0.2, 0.25) is 0 Å². The molecule has 0 fully saturated rings. The standard InChI is InChI=1S/C31H28N2O6S2/c1-17(2)38-30(36)26-18(3)32-31-33(27(26)19-10-13-21(40-5)14-11-19)28(34)25(41-31)16-20-12-15-24(39-20)22-8-6-7-9-23(22)29(35)37-4/h6-17,27H,1-5H3/b25-16-/t27-/m0/s1. The Morgan fingerprint density at radius 3 is 2.49 bits per heavy atom. The van der Waals surface area contributed by atoms with Gasteiger partial charge in [0.1, 0.15) is 11.5 Å². The number of nitrogens with zero attached hydrogens (tertiary/aromatic N) is 2. The predicted molar refractivity (Wildman–Crippen MR) is 159 cm³/mol. The second-order valence-electron chi connectivity index (χ2n) is 9.55. The Balaban J connectivity index is 1.62. The van der Waals surface area contributed by atoms with Crippen molar-refractivity contribution in [1.29, 1.82) is 0 Å². The number of rotatable bonds is 7. The van der Waals surface area contributed by atoms with Crippen molar-refractivity contribution in [2.75, 3.05) is 13.4 Å². The Morgan fingerprint density at radius 1 is 1.07 bits per heavy atom. The molecule has 2 aromatic carbocycles. The highest BCUT2D eigenvalue weighted by Crippen LogP contribution is 2.32. The number of allylic oxidation sites excluding steroid dienone is 1. The molecule has 0 amide bonds. The summed E-state index contributed by atoms with van der Waals surface area (Å²) in [6, 6.07) is 17.5. The molecule has 0 spiro atoms. The minimum atomic E-state index is -0.699. The highest BCUT2D eigenvalue weighted by Gasteiger charge is 2.33. The van der Waals surface area contributed by atoms with Gasteiger partial charge in [0.15, 0.2) is 4.80 Å². The quantitative estimate of drug-likeness (QED) is 0.222. The van der Waals surface area contributed by atoms with E-state index in [9.17, 15) is 14.4 Å². The molecule has 1 aliphatic rings. The van der Waals surface area contributed by atoms with Gasteiger partial charge in [-0.3, -0.25) is 9.36 Å². The summed E-state index contributed by atoms with van der Waals surface area (Å²) < 4.78 is 18.4. The molecule has 4 aromatic rings. The summed E-state index contributed by atoms with van der Waals surface area (Å²) >= 11 is 2.82. The number of methoxy groups -OCH3 is 1. The molecule has 2 aromatic heterocycles. The first-order valence-corrected chi connectivity index (χ1v) is 14.9. The molecule has 0 unspecified atom stereocenters. The van der Waals surface area contributed by atoms with Crippen molar-refractivity contribution in [3.63, 3.8) is 0 Å². The van der Waals surface area contributed by atoms with Crippen LogP contribution in [0.15, 0.2) is 91.0 Å². The summed E-state index contributed by atoms with van der Waals surface area (Å²) in [4.78, 5) is 45.6. The Bertz CT molecular complexity index is 1840. The molecule has 0 aliphatic carbocycles. The van der Waals surface area contributed by atoms with Crippen LogP contribution in [0.3, 0.4) is 0 Å². The number of ether oxygens (including phenoxy) is 2. The van der Waals surface area contributed by atoms with Gasteiger partial charge in [0.05, 0.1) is 40.6 Å². The fourth-order valence-electron chi connectivity index (χ4n) is 4.65. The number of esters is 2. The van der Waals surface area contributed by atoms with E-state index in [0.717, 1.165) is 10.5 Å². The van der Waals surface area contributed by atoms with E-state index in [-0.39, 0.29) is 11.7 Å². The third-order valence-corrected chi connectivity index (χ3v) is 8.24. The number of thiazole rings is 1. The Hall–Kier alpha value is -4.15. The van der Waals surface area contributed by atoms with E-state index >= 15 is 0 Å². The van der Waals surface area contributed by atoms with Crippen LogP contribution >= 0.6 is 23.1 Å². The molecule has 210 valence electrons. The van der Waals surface area contributed by atoms with Crippen LogP contribution in [0.1, 0.15) is 48.5 Å². The lowest BCUT2D eigenvalue weighted by atomic mass is 9.96. The van der Waals surface area contributed by atoms with E-state index in [1.165, 1.54) is 18.4 Å². The van der Waals surface area contributed by atoms with Crippen LogP contribution in [-0.2, 0) is 14.3 Å². The van der Waals surface area contributed by atoms with Crippen molar-refractivity contribution in [3.05, 3.63) is 109 Å². The molecule has 0 radical (unpaired) electrons. The van der Waals surface area contributed by atoms with Crippen LogP contribution in [0, 0.1) is 0 Å². The zero-order valence-corrected chi connectivity index (χ0v) is 24.8. The second-order valence-corrected chi connectivity index (χ2v) is 11.4. The molecular weight excluding hydrogens is 560 g/mol. The van der Waals surface area contributed by atoms with Gasteiger partial charge < -0.3 is 13.9 Å². The third kappa shape index (κ3) is 5.57. The van der Waals surface area contributed by atoms with Gasteiger partial charge in [0.25, 0.3) is 5.56 Å². The number of hydrogen-bond donors (Lipinski definition) is 0. The average Bonchev–Trinajstić information content (AvgIpc) is 3.55. The van der Waals surface area contributed by atoms with Gasteiger partial charge in [-0.25, -0.2) is 14.6 Å². The Labute approximate surface area is 244 Å². The molecule has 5 rings (SSSR count). The van der Waals surface area contributed by atoms with Gasteiger partial charge in [0, 0.05) is 16.5 Å². The number of benzene rings is 2. The van der Waals surface area contributed by atoms with Crippen LogP contribution in [0.5, 0.6) is 0 Å². The predicted octanol–water partition coefficient (Wildman–Crippen LogP) is 4.96. The van der Waals surface area contributed by atoms with E-state index in [1.807, 2.05) is 30.5 Å². The topological polar surface area (TPSA) is 100 Å². The zero-order valence-electron chi connectivity index (χ0n) is 23.2. The van der Waals surface area contributed by atoms with E-state index < -0.39 is 18.0 Å². The summed E-state index contributed by atoms with van der Waals surface area (Å²) in [5, 5.41) is 0. The zero-order chi connectivity index (χ0) is 29.3. The third-order valence-electron chi connectivity index (χ3n) is 6.51. The van der Waals surface area contributed by atoms with Crippen LogP contribution < -0.4 is 14.9 Å². The molecule has 10 heteroatoms. The van der Waals surface area contributed by atoms with Crippen molar-refractivity contribution in [2.24, 2.45) is 4.99 Å². The smallest absolute Gasteiger partial charge is 0.338 e. The van der Waals surface area contributed by atoms with Gasteiger partial charge in [-0.05, 0) is 62.9 Å². The van der Waals surface area contributed by atoms with Gasteiger partial charge >= 0.3 is 11.9 Å². The molecule has 3 heterocycles. The first-order valence-electron chi connectivity index (χ1n) is 12.9. The minimum absolute atomic E-state index is 0.303. The maximum Gasteiger partial charge on any atom is 0.338 e. The van der Waals surface area contributed by atoms with Crippen LogP contribution in [0.4, 0.5) is 0 Å². The normalized spacial score (nSPS) is 15.1. The van der Waals surface area contributed by atoms with Crippen LogP contribution in [0.25, 0.3) is 17.4 Å². The minimum Gasteiger partial charge on any atom is -0.465 e. The van der Waals surface area contributed by atoms with E-state index in [1.54, 1.807) is 79.6 Å². The molecule has 0 saturated heterocycles. The summed E-state index contributed by atoms with van der Waals surface area (Å²) in [6.45, 7) is 5.33. The highest BCUT2D eigenvalue weighted by molar-refractivity contribution is 7.98. The molecular formula is C31H28N2O6S2. The molecule has 41 heavy (non-hydrogen) atoms. The largest absolute Gasteiger partial charge is 0.465 e. The number of carbonyl (C=O) groups is 2. The summed E-state index contributed by atoms with van der Waals surface area (Å²) in [7, 11) is 1.33. The van der Waals surface area contributed by atoms with Gasteiger partial charge in [-0.15, -0.1) is 11.8 Å². The van der Waals surface area contributed by atoms with Crippen molar-refractivity contribution >= 4 is 41.1 Å². The number of aromatic nitrogens is 1.